The van der Waals surface area contributed by atoms with Crippen molar-refractivity contribution in [3.05, 3.63) is 29.3 Å². The molecular weight excluding hydrogens is 286 g/mol. The Morgan fingerprint density at radius 1 is 1.35 bits per heavy atom. The zero-order valence-electron chi connectivity index (χ0n) is 15.7. The van der Waals surface area contributed by atoms with E-state index in [0.717, 1.165) is 31.0 Å². The predicted octanol–water partition coefficient (Wildman–Crippen LogP) is 4.73. The fraction of sp³-hybridized carbons (Fsp3) is 0.650. The number of carbonyl (C=O) groups is 1. The minimum Gasteiger partial charge on any atom is -0.378 e. The van der Waals surface area contributed by atoms with Crippen LogP contribution in [-0.2, 0) is 11.2 Å². The predicted molar refractivity (Wildman–Crippen MR) is 98.6 cm³/mol. The second kappa shape index (κ2) is 9.71. The summed E-state index contributed by atoms with van der Waals surface area (Å²) >= 11 is 0. The molecule has 1 aromatic carbocycles. The Hall–Kier alpha value is -1.35. The molecule has 1 fully saturated rings. The maximum atomic E-state index is 11.6. The van der Waals surface area contributed by atoms with Gasteiger partial charge in [-0.05, 0) is 37.3 Å². The molecule has 0 N–H and O–H groups in total. The van der Waals surface area contributed by atoms with Gasteiger partial charge in [-0.1, -0.05) is 46.2 Å². The van der Waals surface area contributed by atoms with Gasteiger partial charge in [0.15, 0.2) is 5.78 Å². The van der Waals surface area contributed by atoms with Gasteiger partial charge in [0, 0.05) is 31.5 Å². The highest BCUT2D eigenvalue weighted by molar-refractivity contribution is 5.95. The van der Waals surface area contributed by atoms with Crippen molar-refractivity contribution < 1.29 is 9.53 Å². The quantitative estimate of drug-likeness (QED) is 0.681. The van der Waals surface area contributed by atoms with Gasteiger partial charge in [-0.2, -0.15) is 0 Å². The van der Waals surface area contributed by atoms with Crippen molar-refractivity contribution in [2.45, 2.75) is 60.0 Å². The van der Waals surface area contributed by atoms with E-state index in [1.165, 1.54) is 24.1 Å². The number of anilines is 1. The molecule has 0 bridgehead atoms. The maximum absolute atomic E-state index is 11.6. The van der Waals surface area contributed by atoms with Gasteiger partial charge in [-0.25, -0.2) is 0 Å². The van der Waals surface area contributed by atoms with E-state index in [9.17, 15) is 4.79 Å². The van der Waals surface area contributed by atoms with Crippen molar-refractivity contribution in [1.82, 2.24) is 0 Å². The molecule has 2 rings (SSSR count). The minimum absolute atomic E-state index is 0.133. The van der Waals surface area contributed by atoms with E-state index in [-0.39, 0.29) is 5.78 Å². The van der Waals surface area contributed by atoms with Gasteiger partial charge < -0.3 is 9.64 Å². The molecule has 1 aromatic rings. The van der Waals surface area contributed by atoms with Crippen LogP contribution in [0.15, 0.2) is 18.2 Å². The fourth-order valence-corrected chi connectivity index (χ4v) is 2.68. The number of rotatable bonds is 7. The Balaban J connectivity index is 0.00000127. The number of nitrogens with zero attached hydrogens (tertiary/aromatic N) is 1. The summed E-state index contributed by atoms with van der Waals surface area (Å²) in [7, 11) is 1.76. The average Bonchev–Trinajstić information content (AvgIpc) is 2.53. The van der Waals surface area contributed by atoms with Crippen molar-refractivity contribution in [3.63, 3.8) is 0 Å². The minimum atomic E-state index is 0.133. The number of hydrogen-bond acceptors (Lipinski definition) is 3. The second-order valence-electron chi connectivity index (χ2n) is 6.21. The van der Waals surface area contributed by atoms with E-state index in [4.69, 9.17) is 4.74 Å². The summed E-state index contributed by atoms with van der Waals surface area (Å²) in [5, 5.41) is 0. The van der Waals surface area contributed by atoms with Crippen LogP contribution < -0.4 is 4.90 Å². The van der Waals surface area contributed by atoms with Gasteiger partial charge in [-0.3, -0.25) is 4.79 Å². The molecule has 1 unspecified atom stereocenters. The highest BCUT2D eigenvalue weighted by Crippen LogP contribution is 2.29. The van der Waals surface area contributed by atoms with Crippen LogP contribution in [0.3, 0.4) is 0 Å². The number of carbonyl (C=O) groups excluding carboxylic acids is 1. The number of methoxy groups -OCH3 is 1. The van der Waals surface area contributed by atoms with Gasteiger partial charge in [0.1, 0.15) is 0 Å². The van der Waals surface area contributed by atoms with Crippen LogP contribution in [0.5, 0.6) is 0 Å². The van der Waals surface area contributed by atoms with Crippen LogP contribution in [0.1, 0.15) is 63.4 Å². The first-order chi connectivity index (χ1) is 11.0. The first-order valence-electron chi connectivity index (χ1n) is 8.96. The summed E-state index contributed by atoms with van der Waals surface area (Å²) in [6.45, 7) is 12.0. The first-order valence-corrected chi connectivity index (χ1v) is 8.96. The third-order valence-corrected chi connectivity index (χ3v) is 4.62. The molecule has 1 heterocycles. The Morgan fingerprint density at radius 3 is 2.52 bits per heavy atom. The van der Waals surface area contributed by atoms with Gasteiger partial charge >= 0.3 is 0 Å². The lowest BCUT2D eigenvalue weighted by Gasteiger charge is -2.41. The summed E-state index contributed by atoms with van der Waals surface area (Å²) in [6, 6.07) is 6.15. The zero-order chi connectivity index (χ0) is 17.4. The van der Waals surface area contributed by atoms with Crippen molar-refractivity contribution >= 4 is 11.5 Å². The molecule has 3 nitrogen and oxygen atoms in total. The molecule has 1 atom stereocenters. The molecule has 3 heteroatoms. The topological polar surface area (TPSA) is 29.5 Å². The van der Waals surface area contributed by atoms with Crippen molar-refractivity contribution in [2.75, 3.05) is 25.1 Å². The lowest BCUT2D eigenvalue weighted by atomic mass is 9.95. The Labute approximate surface area is 142 Å². The summed E-state index contributed by atoms with van der Waals surface area (Å²) in [6.07, 6.45) is 3.82. The fourth-order valence-electron chi connectivity index (χ4n) is 2.68. The maximum Gasteiger partial charge on any atom is 0.159 e. The second-order valence-corrected chi connectivity index (χ2v) is 6.21. The number of benzene rings is 1. The lowest BCUT2D eigenvalue weighted by molar-refractivity contribution is 0.0786. The van der Waals surface area contributed by atoms with Gasteiger partial charge in [0.05, 0.1) is 6.10 Å². The van der Waals surface area contributed by atoms with Crippen molar-refractivity contribution in [3.8, 4) is 0 Å². The van der Waals surface area contributed by atoms with Crippen LogP contribution in [-0.4, -0.2) is 32.1 Å². The lowest BCUT2D eigenvalue weighted by Crippen LogP contribution is -2.52. The van der Waals surface area contributed by atoms with E-state index in [1.54, 1.807) is 14.0 Å². The summed E-state index contributed by atoms with van der Waals surface area (Å²) in [4.78, 5) is 14.0. The third kappa shape index (κ3) is 5.35. The molecule has 0 spiro atoms. The summed E-state index contributed by atoms with van der Waals surface area (Å²) in [5.74, 6) is 0.877. The van der Waals surface area contributed by atoms with E-state index >= 15 is 0 Å². The molecule has 0 saturated carbocycles. The Bertz CT molecular complexity index is 492. The highest BCUT2D eigenvalue weighted by Gasteiger charge is 2.28. The monoisotopic (exact) mass is 319 g/mol. The molecule has 0 radical (unpaired) electrons. The van der Waals surface area contributed by atoms with Gasteiger partial charge in [0.25, 0.3) is 0 Å². The van der Waals surface area contributed by atoms with E-state index < -0.39 is 0 Å². The van der Waals surface area contributed by atoms with Crippen molar-refractivity contribution in [1.29, 1.82) is 0 Å². The molecule has 1 aliphatic heterocycles. The largest absolute Gasteiger partial charge is 0.378 e. The number of ether oxygens (including phenoxy) is 1. The van der Waals surface area contributed by atoms with E-state index in [0.29, 0.717) is 6.10 Å². The molecule has 130 valence electrons. The first kappa shape index (κ1) is 19.7. The summed E-state index contributed by atoms with van der Waals surface area (Å²) < 4.78 is 5.36. The molecule has 0 aromatic heterocycles. The SMILES string of the molecule is CC.CCC(C)CCc1ccc(C(C)=O)cc1N1CC(OC)C1. The van der Waals surface area contributed by atoms with E-state index in [1.807, 2.05) is 19.9 Å². The molecule has 1 aliphatic rings. The average molecular weight is 319 g/mol. The smallest absolute Gasteiger partial charge is 0.159 e. The number of aryl methyl sites for hydroxylation is 1. The van der Waals surface area contributed by atoms with Crippen LogP contribution in [0.4, 0.5) is 5.69 Å². The van der Waals surface area contributed by atoms with Crippen LogP contribution in [0.25, 0.3) is 0 Å². The molecule has 0 aliphatic carbocycles. The van der Waals surface area contributed by atoms with Gasteiger partial charge in [-0.15, -0.1) is 0 Å². The van der Waals surface area contributed by atoms with Crippen LogP contribution in [0, 0.1) is 5.92 Å². The standard InChI is InChI=1S/C18H27NO2.C2H6/c1-5-13(2)6-7-15-8-9-16(14(3)20)10-18(15)19-11-17(12-19)21-4;1-2/h8-10,13,17H,5-7,11-12H2,1-4H3;1-2H3. The van der Waals surface area contributed by atoms with E-state index in [2.05, 4.69) is 30.9 Å². The van der Waals surface area contributed by atoms with Crippen molar-refractivity contribution in [2.24, 2.45) is 5.92 Å². The number of Topliss-reactive ketones (excluding diaryl/α,β-unsaturated/α-hetero) is 1. The van der Waals surface area contributed by atoms with Crippen LogP contribution >= 0.6 is 0 Å². The molecular formula is C20H33NO2. The summed E-state index contributed by atoms with van der Waals surface area (Å²) in [5.41, 5.74) is 3.38. The molecule has 1 saturated heterocycles. The highest BCUT2D eigenvalue weighted by atomic mass is 16.5. The normalized spacial score (nSPS) is 15.5. The molecule has 0 amide bonds. The third-order valence-electron chi connectivity index (χ3n) is 4.62. The molecule has 23 heavy (non-hydrogen) atoms. The number of ketones is 1. The zero-order valence-corrected chi connectivity index (χ0v) is 15.7. The Kier molecular flexibility index (Phi) is 8.32. The van der Waals surface area contributed by atoms with Gasteiger partial charge in [0.2, 0.25) is 0 Å². The van der Waals surface area contributed by atoms with Crippen LogP contribution in [0.2, 0.25) is 0 Å². The number of hydrogen-bond donors (Lipinski definition) is 0. The Morgan fingerprint density at radius 2 is 2.00 bits per heavy atom.